The van der Waals surface area contributed by atoms with Crippen molar-refractivity contribution < 1.29 is 14.9 Å². The molecule has 22 heavy (non-hydrogen) atoms. The van der Waals surface area contributed by atoms with Crippen molar-refractivity contribution in [2.24, 2.45) is 0 Å². The van der Waals surface area contributed by atoms with Gasteiger partial charge < -0.3 is 20.3 Å². The van der Waals surface area contributed by atoms with Crippen LogP contribution >= 0.6 is 11.8 Å². The van der Waals surface area contributed by atoms with Crippen LogP contribution in [-0.4, -0.2) is 29.0 Å². The molecule has 2 aliphatic rings. The molecule has 5 heteroatoms. The molecule has 0 amide bonds. The summed E-state index contributed by atoms with van der Waals surface area (Å²) in [5.74, 6) is 0. The van der Waals surface area contributed by atoms with Crippen LogP contribution in [0, 0.1) is 0 Å². The zero-order valence-electron chi connectivity index (χ0n) is 11.9. The van der Waals surface area contributed by atoms with Gasteiger partial charge in [-0.1, -0.05) is 36.0 Å². The maximum Gasteiger partial charge on any atom is 0.107 e. The highest BCUT2D eigenvalue weighted by Crippen LogP contribution is 2.48. The first-order chi connectivity index (χ1) is 10.8. The van der Waals surface area contributed by atoms with E-state index in [4.69, 9.17) is 4.74 Å². The largest absolute Gasteiger partial charge is 0.394 e. The third kappa shape index (κ3) is 2.30. The second-order valence-electron chi connectivity index (χ2n) is 5.59. The molecule has 2 aromatic rings. The molecule has 114 valence electrons. The second kappa shape index (κ2) is 5.59. The number of fused-ring (bicyclic) bond motifs is 2. The van der Waals surface area contributed by atoms with Gasteiger partial charge in [0.1, 0.15) is 6.10 Å². The highest BCUT2D eigenvalue weighted by Gasteiger charge is 2.36. The van der Waals surface area contributed by atoms with Crippen molar-refractivity contribution >= 4 is 23.1 Å². The Morgan fingerprint density at radius 3 is 2.77 bits per heavy atom. The van der Waals surface area contributed by atoms with Gasteiger partial charge in [0.25, 0.3) is 0 Å². The lowest BCUT2D eigenvalue weighted by molar-refractivity contribution is -0.0224. The summed E-state index contributed by atoms with van der Waals surface area (Å²) in [7, 11) is 0. The zero-order chi connectivity index (χ0) is 15.1. The molecule has 0 saturated carbocycles. The monoisotopic (exact) mass is 315 g/mol. The van der Waals surface area contributed by atoms with E-state index in [-0.39, 0.29) is 12.7 Å². The van der Waals surface area contributed by atoms with E-state index in [9.17, 15) is 10.2 Å². The maximum absolute atomic E-state index is 9.97. The molecule has 0 spiro atoms. The van der Waals surface area contributed by atoms with Crippen LogP contribution in [0.4, 0.5) is 11.4 Å². The highest BCUT2D eigenvalue weighted by molar-refractivity contribution is 7.99. The smallest absolute Gasteiger partial charge is 0.107 e. The van der Waals surface area contributed by atoms with Crippen LogP contribution in [0.5, 0.6) is 0 Å². The van der Waals surface area contributed by atoms with Crippen LogP contribution < -0.4 is 5.32 Å². The lowest BCUT2D eigenvalue weighted by atomic mass is 10.0. The van der Waals surface area contributed by atoms with Crippen molar-refractivity contribution in [1.29, 1.82) is 0 Å². The molecule has 1 saturated heterocycles. The van der Waals surface area contributed by atoms with Crippen LogP contribution in [-0.2, 0) is 4.74 Å². The van der Waals surface area contributed by atoms with E-state index in [1.54, 1.807) is 11.8 Å². The predicted octanol–water partition coefficient (Wildman–Crippen LogP) is 3.08. The minimum absolute atomic E-state index is 0.155. The molecule has 2 aliphatic heterocycles. The fourth-order valence-corrected chi connectivity index (χ4v) is 4.07. The highest BCUT2D eigenvalue weighted by atomic mass is 32.2. The fourth-order valence-electron chi connectivity index (χ4n) is 3.04. The normalized spacial score (nSPS) is 26.2. The Bertz CT molecular complexity index is 706. The average molecular weight is 315 g/mol. The van der Waals surface area contributed by atoms with E-state index >= 15 is 0 Å². The Labute approximate surface area is 133 Å². The molecule has 2 aromatic carbocycles. The van der Waals surface area contributed by atoms with E-state index in [1.807, 2.05) is 24.3 Å². The molecule has 1 unspecified atom stereocenters. The van der Waals surface area contributed by atoms with Crippen molar-refractivity contribution in [3.8, 4) is 0 Å². The number of nitrogens with one attached hydrogen (secondary N) is 1. The Morgan fingerprint density at radius 1 is 1.14 bits per heavy atom. The number of hydrogen-bond donors (Lipinski definition) is 3. The summed E-state index contributed by atoms with van der Waals surface area (Å²) in [6.45, 7) is -0.155. The molecule has 1 fully saturated rings. The third-order valence-corrected chi connectivity index (χ3v) is 5.31. The Kier molecular flexibility index (Phi) is 3.58. The maximum atomic E-state index is 9.97. The molecule has 3 atom stereocenters. The number of rotatable bonds is 2. The van der Waals surface area contributed by atoms with Crippen molar-refractivity contribution in [2.45, 2.75) is 34.5 Å². The standard InChI is InChI=1S/C17H17NO3S/c19-9-14-12(20)8-13(21-14)10-4-3-7-16-17(10)18-11-5-1-2-6-15(11)22-16/h1-7,12-14,18-20H,8-9H2/t12-,13?,14+/m0/s1. The summed E-state index contributed by atoms with van der Waals surface area (Å²) in [6.07, 6.45) is -0.797. The summed E-state index contributed by atoms with van der Waals surface area (Å²) >= 11 is 1.73. The first kappa shape index (κ1) is 14.1. The van der Waals surface area contributed by atoms with E-state index in [2.05, 4.69) is 23.5 Å². The molecule has 0 aromatic heterocycles. The predicted molar refractivity (Wildman–Crippen MR) is 85.6 cm³/mol. The van der Waals surface area contributed by atoms with Crippen molar-refractivity contribution in [2.75, 3.05) is 11.9 Å². The van der Waals surface area contributed by atoms with E-state index in [0.29, 0.717) is 6.42 Å². The molecule has 3 N–H and O–H groups in total. The van der Waals surface area contributed by atoms with Gasteiger partial charge in [-0.15, -0.1) is 0 Å². The van der Waals surface area contributed by atoms with E-state index < -0.39 is 12.2 Å². The first-order valence-corrected chi connectivity index (χ1v) is 8.19. The zero-order valence-corrected chi connectivity index (χ0v) is 12.7. The molecule has 4 rings (SSSR count). The molecular formula is C17H17NO3S. The van der Waals surface area contributed by atoms with Crippen molar-refractivity contribution in [1.82, 2.24) is 0 Å². The van der Waals surface area contributed by atoms with Gasteiger partial charge in [0.15, 0.2) is 0 Å². The van der Waals surface area contributed by atoms with Crippen LogP contribution in [0.15, 0.2) is 52.3 Å². The first-order valence-electron chi connectivity index (χ1n) is 7.37. The van der Waals surface area contributed by atoms with Crippen LogP contribution in [0.25, 0.3) is 0 Å². The molecular weight excluding hydrogens is 298 g/mol. The number of aliphatic hydroxyl groups excluding tert-OH is 2. The number of ether oxygens (including phenoxy) is 1. The number of para-hydroxylation sites is 2. The number of hydrogen-bond acceptors (Lipinski definition) is 5. The summed E-state index contributed by atoms with van der Waals surface area (Å²) in [5, 5.41) is 22.7. The Balaban J connectivity index is 1.70. The summed E-state index contributed by atoms with van der Waals surface area (Å²) in [4.78, 5) is 2.36. The van der Waals surface area contributed by atoms with E-state index in [0.717, 1.165) is 21.8 Å². The summed E-state index contributed by atoms with van der Waals surface area (Å²) in [5.41, 5.74) is 3.17. The Morgan fingerprint density at radius 2 is 1.95 bits per heavy atom. The molecule has 0 radical (unpaired) electrons. The van der Waals surface area contributed by atoms with Crippen molar-refractivity contribution in [3.63, 3.8) is 0 Å². The van der Waals surface area contributed by atoms with Crippen LogP contribution in [0.3, 0.4) is 0 Å². The molecule has 2 heterocycles. The lowest BCUT2D eigenvalue weighted by Gasteiger charge is -2.25. The molecule has 0 bridgehead atoms. The molecule has 4 nitrogen and oxygen atoms in total. The van der Waals surface area contributed by atoms with Gasteiger partial charge in [-0.3, -0.25) is 0 Å². The van der Waals surface area contributed by atoms with Gasteiger partial charge in [0.2, 0.25) is 0 Å². The second-order valence-corrected chi connectivity index (χ2v) is 6.68. The number of benzene rings is 2. The topological polar surface area (TPSA) is 61.7 Å². The van der Waals surface area contributed by atoms with Gasteiger partial charge in [-0.25, -0.2) is 0 Å². The minimum atomic E-state index is -0.616. The minimum Gasteiger partial charge on any atom is -0.394 e. The average Bonchev–Trinajstić information content (AvgIpc) is 2.93. The Hall–Kier alpha value is -1.53. The molecule has 0 aliphatic carbocycles. The van der Waals surface area contributed by atoms with Crippen LogP contribution in [0.2, 0.25) is 0 Å². The summed E-state index contributed by atoms with van der Waals surface area (Å²) in [6, 6.07) is 14.3. The van der Waals surface area contributed by atoms with Gasteiger partial charge >= 0.3 is 0 Å². The quantitative estimate of drug-likeness (QED) is 0.678. The van der Waals surface area contributed by atoms with Gasteiger partial charge in [-0.2, -0.15) is 0 Å². The van der Waals surface area contributed by atoms with Gasteiger partial charge in [0, 0.05) is 21.8 Å². The van der Waals surface area contributed by atoms with Gasteiger partial charge in [-0.05, 0) is 18.2 Å². The number of aliphatic hydroxyl groups is 2. The van der Waals surface area contributed by atoms with Crippen molar-refractivity contribution in [3.05, 3.63) is 48.0 Å². The van der Waals surface area contributed by atoms with E-state index in [1.165, 1.54) is 4.90 Å². The fraction of sp³-hybridized carbons (Fsp3) is 0.294. The third-order valence-electron chi connectivity index (χ3n) is 4.18. The number of anilines is 2. The summed E-state index contributed by atoms with van der Waals surface area (Å²) < 4.78 is 5.81. The van der Waals surface area contributed by atoms with Gasteiger partial charge in [0.05, 0.1) is 30.2 Å². The lowest BCUT2D eigenvalue weighted by Crippen LogP contribution is -2.24. The van der Waals surface area contributed by atoms with Crippen LogP contribution in [0.1, 0.15) is 18.1 Å². The SMILES string of the molecule is OC[C@H]1OC(c2cccc3c2Nc2ccccc2S3)C[C@@H]1O.